The van der Waals surface area contributed by atoms with Crippen LogP contribution in [0.3, 0.4) is 0 Å². The van der Waals surface area contributed by atoms with Gasteiger partial charge in [0.05, 0.1) is 31.8 Å². The zero-order chi connectivity index (χ0) is 23.0. The second-order valence-corrected chi connectivity index (χ2v) is 8.25. The van der Waals surface area contributed by atoms with Crippen LogP contribution < -0.4 is 5.32 Å². The molecule has 0 aromatic heterocycles. The minimum atomic E-state index is -3.77. The molecule has 0 saturated carbocycles. The van der Waals surface area contributed by atoms with Crippen LogP contribution in [0.25, 0.3) is 0 Å². The van der Waals surface area contributed by atoms with Crippen LogP contribution in [0.2, 0.25) is 0 Å². The predicted octanol–water partition coefficient (Wildman–Crippen LogP) is 0.791. The molecule has 0 bridgehead atoms. The summed E-state index contributed by atoms with van der Waals surface area (Å²) >= 11 is 0. The molecule has 0 atom stereocenters. The topological polar surface area (TPSA) is 132 Å². The van der Waals surface area contributed by atoms with E-state index in [1.807, 2.05) is 0 Å². The number of carbonyl (C=O) groups excluding carboxylic acids is 3. The van der Waals surface area contributed by atoms with E-state index in [1.54, 1.807) is 6.92 Å². The third kappa shape index (κ3) is 6.18. The fourth-order valence-corrected chi connectivity index (χ4v) is 4.20. The van der Waals surface area contributed by atoms with Crippen LogP contribution in [0.15, 0.2) is 40.9 Å². The van der Waals surface area contributed by atoms with Crippen LogP contribution in [-0.4, -0.2) is 82.7 Å². The summed E-state index contributed by atoms with van der Waals surface area (Å²) in [5, 5.41) is 2.70. The van der Waals surface area contributed by atoms with Crippen LogP contribution >= 0.6 is 0 Å². The van der Waals surface area contributed by atoms with E-state index in [-0.39, 0.29) is 43.4 Å². The number of piperazine rings is 1. The van der Waals surface area contributed by atoms with Gasteiger partial charge in [-0.15, -0.1) is 0 Å². The van der Waals surface area contributed by atoms with E-state index in [9.17, 15) is 22.8 Å². The van der Waals surface area contributed by atoms with Crippen molar-refractivity contribution in [1.82, 2.24) is 9.21 Å². The van der Waals surface area contributed by atoms with Crippen LogP contribution in [0.1, 0.15) is 6.92 Å². The fourth-order valence-electron chi connectivity index (χ4n) is 2.77. The SMILES string of the molecule is CCOC(=O)N1CCN(S(=O)(=O)c2ccc(N/C(=C/C(=O)OC)C(=O)OC)cc2)CC1. The molecule has 1 heterocycles. The first kappa shape index (κ1) is 24.2. The third-order valence-electron chi connectivity index (χ3n) is 4.40. The molecular weight excluding hydrogens is 430 g/mol. The molecule has 0 spiro atoms. The summed E-state index contributed by atoms with van der Waals surface area (Å²) in [5.74, 6) is -1.55. The smallest absolute Gasteiger partial charge is 0.409 e. The molecule has 0 aliphatic carbocycles. The van der Waals surface area contributed by atoms with E-state index in [1.165, 1.54) is 40.6 Å². The molecule has 1 aromatic rings. The van der Waals surface area contributed by atoms with Gasteiger partial charge in [0, 0.05) is 31.9 Å². The largest absolute Gasteiger partial charge is 0.466 e. The molecule has 1 saturated heterocycles. The van der Waals surface area contributed by atoms with Crippen molar-refractivity contribution in [3.63, 3.8) is 0 Å². The minimum Gasteiger partial charge on any atom is -0.466 e. The Morgan fingerprint density at radius 2 is 1.65 bits per heavy atom. The quantitative estimate of drug-likeness (QED) is 0.360. The number of hydrogen-bond donors (Lipinski definition) is 1. The Labute approximate surface area is 180 Å². The number of nitrogens with zero attached hydrogens (tertiary/aromatic N) is 2. The third-order valence-corrected chi connectivity index (χ3v) is 6.32. The van der Waals surface area contributed by atoms with Crippen molar-refractivity contribution in [2.24, 2.45) is 0 Å². The molecule has 11 nitrogen and oxygen atoms in total. The summed E-state index contributed by atoms with van der Waals surface area (Å²) in [6.45, 7) is 2.72. The zero-order valence-electron chi connectivity index (χ0n) is 17.5. The normalized spacial score (nSPS) is 15.2. The number of methoxy groups -OCH3 is 2. The van der Waals surface area contributed by atoms with Gasteiger partial charge < -0.3 is 24.4 Å². The van der Waals surface area contributed by atoms with E-state index >= 15 is 0 Å². The second kappa shape index (κ2) is 10.8. The summed E-state index contributed by atoms with van der Waals surface area (Å²) in [7, 11) is -1.44. The Kier molecular flexibility index (Phi) is 8.39. The van der Waals surface area contributed by atoms with Crippen molar-refractivity contribution in [3.8, 4) is 0 Å². The molecule has 1 aliphatic rings. The van der Waals surface area contributed by atoms with Gasteiger partial charge in [0.1, 0.15) is 5.70 Å². The molecule has 1 aliphatic heterocycles. The molecule has 12 heteroatoms. The molecule has 1 aromatic carbocycles. The number of anilines is 1. The molecule has 0 radical (unpaired) electrons. The molecule has 1 amide bonds. The number of carbonyl (C=O) groups is 3. The van der Waals surface area contributed by atoms with Crippen molar-refractivity contribution in [1.29, 1.82) is 0 Å². The molecule has 2 rings (SSSR count). The maximum Gasteiger partial charge on any atom is 0.409 e. The maximum absolute atomic E-state index is 12.9. The lowest BCUT2D eigenvalue weighted by Gasteiger charge is -2.33. The van der Waals surface area contributed by atoms with Crippen molar-refractivity contribution in [2.45, 2.75) is 11.8 Å². The molecule has 31 heavy (non-hydrogen) atoms. The number of hydrogen-bond acceptors (Lipinski definition) is 9. The van der Waals surface area contributed by atoms with E-state index in [0.717, 1.165) is 13.2 Å². The van der Waals surface area contributed by atoms with E-state index < -0.39 is 28.1 Å². The highest BCUT2D eigenvalue weighted by Gasteiger charge is 2.30. The van der Waals surface area contributed by atoms with Crippen molar-refractivity contribution in [2.75, 3.05) is 52.3 Å². The molecular formula is C19H25N3O8S. The van der Waals surface area contributed by atoms with Crippen molar-refractivity contribution < 1.29 is 37.0 Å². The summed E-state index contributed by atoms with van der Waals surface area (Å²) in [5.41, 5.74) is 0.201. The minimum absolute atomic E-state index is 0.0548. The van der Waals surface area contributed by atoms with Gasteiger partial charge in [0.25, 0.3) is 0 Å². The Hall–Kier alpha value is -3.12. The highest BCUT2D eigenvalue weighted by Crippen LogP contribution is 2.21. The standard InChI is InChI=1S/C19H25N3O8S/c1-4-30-19(25)21-9-11-22(12-10-21)31(26,27)15-7-5-14(6-8-15)20-16(18(24)29-3)13-17(23)28-2/h5-8,13,20H,4,9-12H2,1-3H3/b16-13+. The number of benzene rings is 1. The molecule has 0 unspecified atom stereocenters. The van der Waals surface area contributed by atoms with Crippen molar-refractivity contribution >= 4 is 33.7 Å². The van der Waals surface area contributed by atoms with Gasteiger partial charge in [0.15, 0.2) is 0 Å². The van der Waals surface area contributed by atoms with Crippen LogP contribution in [0.4, 0.5) is 10.5 Å². The Bertz CT molecular complexity index is 935. The first-order valence-corrected chi connectivity index (χ1v) is 10.8. The van der Waals surface area contributed by atoms with Gasteiger partial charge in [-0.05, 0) is 31.2 Å². The number of amides is 1. The summed E-state index contributed by atoms with van der Waals surface area (Å²) in [6, 6.07) is 5.66. The zero-order valence-corrected chi connectivity index (χ0v) is 18.3. The van der Waals surface area contributed by atoms with Crippen LogP contribution in [0.5, 0.6) is 0 Å². The van der Waals surface area contributed by atoms with Gasteiger partial charge in [-0.25, -0.2) is 22.8 Å². The average molecular weight is 455 g/mol. The Morgan fingerprint density at radius 1 is 1.03 bits per heavy atom. The van der Waals surface area contributed by atoms with Crippen LogP contribution in [-0.2, 0) is 33.8 Å². The van der Waals surface area contributed by atoms with E-state index in [0.29, 0.717) is 5.69 Å². The lowest BCUT2D eigenvalue weighted by Crippen LogP contribution is -2.50. The second-order valence-electron chi connectivity index (χ2n) is 6.31. The molecule has 170 valence electrons. The highest BCUT2D eigenvalue weighted by molar-refractivity contribution is 7.89. The molecule has 1 fully saturated rings. The van der Waals surface area contributed by atoms with Crippen molar-refractivity contribution in [3.05, 3.63) is 36.0 Å². The maximum atomic E-state index is 12.9. The van der Waals surface area contributed by atoms with Gasteiger partial charge >= 0.3 is 18.0 Å². The Balaban J connectivity index is 2.10. The summed E-state index contributed by atoms with van der Waals surface area (Å²) in [4.78, 5) is 36.5. The number of esters is 2. The summed E-state index contributed by atoms with van der Waals surface area (Å²) in [6.07, 6.45) is 0.468. The monoisotopic (exact) mass is 455 g/mol. The predicted molar refractivity (Wildman–Crippen MR) is 110 cm³/mol. The van der Waals surface area contributed by atoms with Gasteiger partial charge in [0.2, 0.25) is 10.0 Å². The van der Waals surface area contributed by atoms with Gasteiger partial charge in [-0.2, -0.15) is 4.31 Å². The number of ether oxygens (including phenoxy) is 3. The van der Waals surface area contributed by atoms with Crippen LogP contribution in [0, 0.1) is 0 Å². The van der Waals surface area contributed by atoms with Gasteiger partial charge in [-0.3, -0.25) is 0 Å². The lowest BCUT2D eigenvalue weighted by atomic mass is 10.3. The average Bonchev–Trinajstić information content (AvgIpc) is 2.78. The number of rotatable bonds is 7. The Morgan fingerprint density at radius 3 is 2.16 bits per heavy atom. The first-order valence-electron chi connectivity index (χ1n) is 9.39. The fraction of sp³-hybridized carbons (Fsp3) is 0.421. The van der Waals surface area contributed by atoms with Gasteiger partial charge in [-0.1, -0.05) is 0 Å². The number of sulfonamides is 1. The first-order chi connectivity index (χ1) is 14.7. The summed E-state index contributed by atoms with van der Waals surface area (Å²) < 4.78 is 41.1. The highest BCUT2D eigenvalue weighted by atomic mass is 32.2. The van der Waals surface area contributed by atoms with E-state index in [2.05, 4.69) is 14.8 Å². The van der Waals surface area contributed by atoms with E-state index in [4.69, 9.17) is 4.74 Å². The number of nitrogens with one attached hydrogen (secondary N) is 1. The lowest BCUT2D eigenvalue weighted by molar-refractivity contribution is -0.138. The molecule has 1 N–H and O–H groups in total.